The summed E-state index contributed by atoms with van der Waals surface area (Å²) in [6.07, 6.45) is 4.03. The Kier molecular flexibility index (Phi) is 6.14. The number of nitrogens with zero attached hydrogens (tertiary/aromatic N) is 1. The van der Waals surface area contributed by atoms with Crippen LogP contribution in [-0.4, -0.2) is 44.4 Å². The van der Waals surface area contributed by atoms with E-state index < -0.39 is 0 Å². The molecule has 0 bridgehead atoms. The molecule has 1 heterocycles. The van der Waals surface area contributed by atoms with Crippen LogP contribution in [-0.2, 0) is 4.74 Å². The molecule has 0 saturated carbocycles. The molecule has 0 N–H and O–H groups in total. The predicted molar refractivity (Wildman–Crippen MR) is 95.6 cm³/mol. The molecule has 2 aromatic rings. The van der Waals surface area contributed by atoms with E-state index in [4.69, 9.17) is 21.1 Å². The predicted octanol–water partition coefficient (Wildman–Crippen LogP) is 4.37. The molecule has 0 atom stereocenters. The van der Waals surface area contributed by atoms with Crippen molar-refractivity contribution in [1.82, 2.24) is 4.90 Å². The molecule has 0 spiro atoms. The third-order valence-electron chi connectivity index (χ3n) is 4.32. The number of fused-ring (bicyclic) bond motifs is 1. The molecule has 0 aliphatic carbocycles. The van der Waals surface area contributed by atoms with Gasteiger partial charge in [-0.25, -0.2) is 0 Å². The molecule has 4 heteroatoms. The second-order valence-corrected chi connectivity index (χ2v) is 6.36. The first kappa shape index (κ1) is 16.6. The number of rotatable bonds is 7. The summed E-state index contributed by atoms with van der Waals surface area (Å²) in [7, 11) is 0. The Morgan fingerprint density at radius 1 is 0.870 bits per heavy atom. The number of halogens is 1. The van der Waals surface area contributed by atoms with E-state index in [1.807, 2.05) is 36.4 Å². The number of hydrogen-bond acceptors (Lipinski definition) is 3. The van der Waals surface area contributed by atoms with Crippen molar-refractivity contribution < 1.29 is 9.47 Å². The number of benzene rings is 2. The van der Waals surface area contributed by atoms with Gasteiger partial charge in [-0.15, -0.1) is 0 Å². The lowest BCUT2D eigenvalue weighted by molar-refractivity contribution is 0.0754. The zero-order valence-corrected chi connectivity index (χ0v) is 14.2. The average Bonchev–Trinajstić information content (AvgIpc) is 2.61. The molecule has 3 rings (SSSR count). The lowest BCUT2D eigenvalue weighted by Gasteiger charge is -2.26. The number of ether oxygens (including phenoxy) is 2. The fraction of sp³-hybridized carbons (Fsp3) is 0.474. The van der Waals surface area contributed by atoms with Crippen LogP contribution in [0, 0.1) is 0 Å². The van der Waals surface area contributed by atoms with Crippen molar-refractivity contribution in [3.63, 3.8) is 0 Å². The Balaban J connectivity index is 1.41. The Labute approximate surface area is 143 Å². The Morgan fingerprint density at radius 3 is 2.48 bits per heavy atom. The summed E-state index contributed by atoms with van der Waals surface area (Å²) in [5, 5.41) is 2.83. The minimum absolute atomic E-state index is 0.561. The summed E-state index contributed by atoms with van der Waals surface area (Å²) >= 11 is 6.22. The van der Waals surface area contributed by atoms with Gasteiger partial charge in [0.05, 0.1) is 13.2 Å². The van der Waals surface area contributed by atoms with Crippen molar-refractivity contribution >= 4 is 22.4 Å². The van der Waals surface area contributed by atoms with Gasteiger partial charge < -0.3 is 14.4 Å². The summed E-state index contributed by atoms with van der Waals surface area (Å²) in [5.41, 5.74) is 0. The summed E-state index contributed by atoms with van der Waals surface area (Å²) in [6, 6.07) is 11.9. The normalized spacial score (nSPS) is 15.9. The van der Waals surface area contributed by atoms with E-state index in [2.05, 4.69) is 4.90 Å². The lowest BCUT2D eigenvalue weighted by atomic mass is 10.1. The summed E-state index contributed by atoms with van der Waals surface area (Å²) in [5.74, 6) is 0.865. The first-order valence-corrected chi connectivity index (χ1v) is 8.82. The first-order valence-electron chi connectivity index (χ1n) is 8.45. The maximum Gasteiger partial charge on any atom is 0.127 e. The standard InChI is InChI=1S/C19H24ClNO2/c20-18-8-9-19(17-7-3-2-6-16(17)18)23-15-14-22-13-12-21-10-4-1-5-11-21/h2-3,6-9H,1,4-5,10-15H2. The van der Waals surface area contributed by atoms with E-state index in [0.717, 1.165) is 34.7 Å². The maximum absolute atomic E-state index is 6.22. The van der Waals surface area contributed by atoms with E-state index in [-0.39, 0.29) is 0 Å². The number of hydrogen-bond donors (Lipinski definition) is 0. The quantitative estimate of drug-likeness (QED) is 0.702. The highest BCUT2D eigenvalue weighted by molar-refractivity contribution is 6.35. The van der Waals surface area contributed by atoms with Crippen molar-refractivity contribution in [3.05, 3.63) is 41.4 Å². The van der Waals surface area contributed by atoms with Crippen LogP contribution in [0.3, 0.4) is 0 Å². The zero-order valence-electron chi connectivity index (χ0n) is 13.5. The van der Waals surface area contributed by atoms with Crippen molar-refractivity contribution in [2.45, 2.75) is 19.3 Å². The molecule has 2 aromatic carbocycles. The molecule has 1 saturated heterocycles. The van der Waals surface area contributed by atoms with Gasteiger partial charge in [0, 0.05) is 22.3 Å². The summed E-state index contributed by atoms with van der Waals surface area (Å²) in [6.45, 7) is 5.43. The van der Waals surface area contributed by atoms with Gasteiger partial charge >= 0.3 is 0 Å². The van der Waals surface area contributed by atoms with Gasteiger partial charge in [-0.2, -0.15) is 0 Å². The Bertz CT molecular complexity index is 626. The maximum atomic E-state index is 6.22. The van der Waals surface area contributed by atoms with Crippen LogP contribution in [0.4, 0.5) is 0 Å². The van der Waals surface area contributed by atoms with Crippen LogP contribution in [0.25, 0.3) is 10.8 Å². The zero-order chi connectivity index (χ0) is 15.9. The van der Waals surface area contributed by atoms with E-state index >= 15 is 0 Å². The molecule has 124 valence electrons. The fourth-order valence-corrected chi connectivity index (χ4v) is 3.28. The molecule has 23 heavy (non-hydrogen) atoms. The van der Waals surface area contributed by atoms with Gasteiger partial charge in [-0.05, 0) is 38.1 Å². The van der Waals surface area contributed by atoms with E-state index in [0.29, 0.717) is 13.2 Å². The van der Waals surface area contributed by atoms with Crippen molar-refractivity contribution in [1.29, 1.82) is 0 Å². The summed E-state index contributed by atoms with van der Waals surface area (Å²) in [4.78, 5) is 2.48. The largest absolute Gasteiger partial charge is 0.491 e. The van der Waals surface area contributed by atoms with Crippen molar-refractivity contribution in [3.8, 4) is 5.75 Å². The molecule has 1 aliphatic heterocycles. The highest BCUT2D eigenvalue weighted by atomic mass is 35.5. The van der Waals surface area contributed by atoms with Crippen LogP contribution in [0.1, 0.15) is 19.3 Å². The monoisotopic (exact) mass is 333 g/mol. The second kappa shape index (κ2) is 8.53. The van der Waals surface area contributed by atoms with E-state index in [9.17, 15) is 0 Å². The van der Waals surface area contributed by atoms with E-state index in [1.165, 1.54) is 32.4 Å². The number of likely N-dealkylation sites (tertiary alicyclic amines) is 1. The summed E-state index contributed by atoms with van der Waals surface area (Å²) < 4.78 is 11.6. The smallest absolute Gasteiger partial charge is 0.127 e. The van der Waals surface area contributed by atoms with E-state index in [1.54, 1.807) is 0 Å². The second-order valence-electron chi connectivity index (χ2n) is 5.95. The molecule has 1 aliphatic rings. The van der Waals surface area contributed by atoms with Gasteiger partial charge in [0.25, 0.3) is 0 Å². The van der Waals surface area contributed by atoms with Crippen LogP contribution >= 0.6 is 11.6 Å². The van der Waals surface area contributed by atoms with Crippen LogP contribution in [0.2, 0.25) is 5.02 Å². The first-order chi connectivity index (χ1) is 11.3. The van der Waals surface area contributed by atoms with Gasteiger partial charge in [0.2, 0.25) is 0 Å². The van der Waals surface area contributed by atoms with Crippen molar-refractivity contribution in [2.24, 2.45) is 0 Å². The van der Waals surface area contributed by atoms with Gasteiger partial charge in [0.15, 0.2) is 0 Å². The number of piperidine rings is 1. The average molecular weight is 334 g/mol. The SMILES string of the molecule is Clc1ccc(OCCOCCN2CCCCC2)c2ccccc12. The molecule has 0 amide bonds. The Hall–Kier alpha value is -1.29. The van der Waals surface area contributed by atoms with Gasteiger partial charge in [-0.3, -0.25) is 0 Å². The Morgan fingerprint density at radius 2 is 1.65 bits per heavy atom. The highest BCUT2D eigenvalue weighted by Crippen LogP contribution is 2.31. The molecule has 1 fully saturated rings. The lowest BCUT2D eigenvalue weighted by Crippen LogP contribution is -2.32. The van der Waals surface area contributed by atoms with Crippen LogP contribution in [0.5, 0.6) is 5.75 Å². The van der Waals surface area contributed by atoms with Gasteiger partial charge in [0.1, 0.15) is 12.4 Å². The van der Waals surface area contributed by atoms with Crippen LogP contribution < -0.4 is 4.74 Å². The molecule has 0 radical (unpaired) electrons. The third kappa shape index (κ3) is 4.60. The molecule has 3 nitrogen and oxygen atoms in total. The molecule has 0 unspecified atom stereocenters. The highest BCUT2D eigenvalue weighted by Gasteiger charge is 2.09. The van der Waals surface area contributed by atoms with Crippen LogP contribution in [0.15, 0.2) is 36.4 Å². The topological polar surface area (TPSA) is 21.7 Å². The molecular weight excluding hydrogens is 310 g/mol. The molecule has 0 aromatic heterocycles. The third-order valence-corrected chi connectivity index (χ3v) is 4.65. The minimum atomic E-state index is 0.561. The van der Waals surface area contributed by atoms with Gasteiger partial charge in [-0.1, -0.05) is 42.3 Å². The van der Waals surface area contributed by atoms with Crippen molar-refractivity contribution in [2.75, 3.05) is 39.5 Å². The molecular formula is C19H24ClNO2. The minimum Gasteiger partial charge on any atom is -0.491 e. The fourth-order valence-electron chi connectivity index (χ4n) is 3.05.